The summed E-state index contributed by atoms with van der Waals surface area (Å²) in [7, 11) is 3.58. The number of hydrogen-bond acceptors (Lipinski definition) is 3. The van der Waals surface area contributed by atoms with Crippen LogP contribution in [0.15, 0.2) is 60.1 Å². The van der Waals surface area contributed by atoms with Crippen LogP contribution >= 0.6 is 11.3 Å². The van der Waals surface area contributed by atoms with Crippen molar-refractivity contribution in [1.29, 1.82) is 0 Å². The molecule has 0 fully saturated rings. The van der Waals surface area contributed by atoms with Crippen LogP contribution in [0.3, 0.4) is 0 Å². The van der Waals surface area contributed by atoms with Crippen LogP contribution < -0.4 is 4.74 Å². The van der Waals surface area contributed by atoms with E-state index in [0.717, 1.165) is 10.6 Å². The Kier molecular flexibility index (Phi) is 5.01. The lowest BCUT2D eigenvalue weighted by molar-refractivity contribution is 0.0725. The number of nitrogens with zero attached hydrogens (tertiary/aromatic N) is 2. The summed E-state index contributed by atoms with van der Waals surface area (Å²) in [5, 5.41) is 2.03. The summed E-state index contributed by atoms with van der Waals surface area (Å²) in [6, 6.07) is 15.5. The SMILES string of the molecule is COc1ccccc1C(=O)N(Cc1cccs1)Cc1cccn1C. The minimum atomic E-state index is -0.0259. The van der Waals surface area contributed by atoms with E-state index in [4.69, 9.17) is 4.74 Å². The lowest BCUT2D eigenvalue weighted by atomic mass is 10.1. The van der Waals surface area contributed by atoms with Crippen molar-refractivity contribution in [3.8, 4) is 5.75 Å². The summed E-state index contributed by atoms with van der Waals surface area (Å²) in [5.41, 5.74) is 1.68. The summed E-state index contributed by atoms with van der Waals surface area (Å²) < 4.78 is 7.40. The maximum absolute atomic E-state index is 13.1. The fourth-order valence-corrected chi connectivity index (χ4v) is 3.36. The van der Waals surface area contributed by atoms with Crippen LogP contribution in [0.2, 0.25) is 0 Å². The van der Waals surface area contributed by atoms with Gasteiger partial charge in [-0.05, 0) is 35.7 Å². The summed E-state index contributed by atoms with van der Waals surface area (Å²) >= 11 is 1.66. The van der Waals surface area contributed by atoms with Crippen LogP contribution in [0.25, 0.3) is 0 Å². The largest absolute Gasteiger partial charge is 0.496 e. The number of benzene rings is 1. The zero-order valence-electron chi connectivity index (χ0n) is 13.8. The van der Waals surface area contributed by atoms with E-state index in [1.807, 2.05) is 70.6 Å². The minimum Gasteiger partial charge on any atom is -0.496 e. The molecule has 124 valence electrons. The van der Waals surface area contributed by atoms with Gasteiger partial charge in [-0.3, -0.25) is 4.79 Å². The van der Waals surface area contributed by atoms with Gasteiger partial charge in [-0.2, -0.15) is 0 Å². The molecule has 0 atom stereocenters. The highest BCUT2D eigenvalue weighted by molar-refractivity contribution is 7.09. The van der Waals surface area contributed by atoms with Crippen molar-refractivity contribution in [2.45, 2.75) is 13.1 Å². The van der Waals surface area contributed by atoms with Gasteiger partial charge >= 0.3 is 0 Å². The average Bonchev–Trinajstić information content (AvgIpc) is 3.26. The van der Waals surface area contributed by atoms with Crippen LogP contribution in [0.1, 0.15) is 20.9 Å². The number of carbonyl (C=O) groups excluding carboxylic acids is 1. The molecule has 2 heterocycles. The van der Waals surface area contributed by atoms with E-state index in [9.17, 15) is 4.79 Å². The molecule has 3 aromatic rings. The normalized spacial score (nSPS) is 10.6. The van der Waals surface area contributed by atoms with Crippen LogP contribution in [0.4, 0.5) is 0 Å². The van der Waals surface area contributed by atoms with Crippen molar-refractivity contribution in [3.63, 3.8) is 0 Å². The lowest BCUT2D eigenvalue weighted by Crippen LogP contribution is -2.30. The van der Waals surface area contributed by atoms with E-state index in [0.29, 0.717) is 24.4 Å². The number of carbonyl (C=O) groups is 1. The van der Waals surface area contributed by atoms with Crippen molar-refractivity contribution in [2.24, 2.45) is 7.05 Å². The van der Waals surface area contributed by atoms with Crippen molar-refractivity contribution in [2.75, 3.05) is 7.11 Å². The van der Waals surface area contributed by atoms with Gasteiger partial charge in [0.05, 0.1) is 25.8 Å². The van der Waals surface area contributed by atoms with Crippen molar-refractivity contribution in [1.82, 2.24) is 9.47 Å². The summed E-state index contributed by atoms with van der Waals surface area (Å²) in [6.07, 6.45) is 1.99. The molecule has 0 aliphatic carbocycles. The van der Waals surface area contributed by atoms with Gasteiger partial charge in [0.25, 0.3) is 5.91 Å². The van der Waals surface area contributed by atoms with Crippen LogP contribution in [-0.2, 0) is 20.1 Å². The molecule has 3 rings (SSSR count). The second-order valence-corrected chi connectivity index (χ2v) is 6.58. The van der Waals surface area contributed by atoms with Gasteiger partial charge in [0, 0.05) is 23.8 Å². The molecule has 4 nitrogen and oxygen atoms in total. The number of thiophene rings is 1. The first kappa shape index (κ1) is 16.3. The molecule has 24 heavy (non-hydrogen) atoms. The second-order valence-electron chi connectivity index (χ2n) is 5.55. The van der Waals surface area contributed by atoms with Gasteiger partial charge in [0.15, 0.2) is 0 Å². The van der Waals surface area contributed by atoms with Crippen LogP contribution in [0.5, 0.6) is 5.75 Å². The van der Waals surface area contributed by atoms with Crippen molar-refractivity contribution >= 4 is 17.2 Å². The highest BCUT2D eigenvalue weighted by Crippen LogP contribution is 2.23. The molecule has 1 aromatic carbocycles. The Morgan fingerprint density at radius 2 is 1.96 bits per heavy atom. The molecule has 0 N–H and O–H groups in total. The predicted octanol–water partition coefficient (Wildman–Crippen LogP) is 3.94. The molecule has 0 saturated heterocycles. The Morgan fingerprint density at radius 1 is 1.12 bits per heavy atom. The zero-order chi connectivity index (χ0) is 16.9. The third kappa shape index (κ3) is 3.51. The van der Waals surface area contributed by atoms with Crippen LogP contribution in [0, 0.1) is 0 Å². The molecule has 2 aromatic heterocycles. The smallest absolute Gasteiger partial charge is 0.258 e. The van der Waals surface area contributed by atoms with E-state index in [1.165, 1.54) is 0 Å². The Balaban J connectivity index is 1.91. The van der Waals surface area contributed by atoms with Gasteiger partial charge < -0.3 is 14.2 Å². The molecule has 0 saturated carbocycles. The highest BCUT2D eigenvalue weighted by Gasteiger charge is 2.21. The van der Waals surface area contributed by atoms with Crippen molar-refractivity contribution < 1.29 is 9.53 Å². The number of hydrogen-bond donors (Lipinski definition) is 0. The topological polar surface area (TPSA) is 34.5 Å². The maximum Gasteiger partial charge on any atom is 0.258 e. The third-order valence-electron chi connectivity index (χ3n) is 3.96. The van der Waals surface area contributed by atoms with E-state index >= 15 is 0 Å². The molecule has 0 radical (unpaired) electrons. The Hall–Kier alpha value is -2.53. The van der Waals surface area contributed by atoms with E-state index in [1.54, 1.807) is 18.4 Å². The first-order valence-corrected chi connectivity index (χ1v) is 8.62. The van der Waals surface area contributed by atoms with Gasteiger partial charge in [0.2, 0.25) is 0 Å². The van der Waals surface area contributed by atoms with Crippen LogP contribution in [-0.4, -0.2) is 22.5 Å². The van der Waals surface area contributed by atoms with Gasteiger partial charge in [-0.1, -0.05) is 18.2 Å². The molecule has 0 unspecified atom stereocenters. The zero-order valence-corrected chi connectivity index (χ0v) is 14.6. The molecule has 1 amide bonds. The number of rotatable bonds is 6. The first-order chi connectivity index (χ1) is 11.7. The standard InChI is InChI=1S/C19H20N2O2S/c1-20-11-5-7-15(20)13-21(14-16-8-6-12-24-16)19(22)17-9-3-4-10-18(17)23-2/h3-12H,13-14H2,1-2H3. The fraction of sp³-hybridized carbons (Fsp3) is 0.211. The molecular formula is C19H20N2O2S. The molecular weight excluding hydrogens is 320 g/mol. The average molecular weight is 340 g/mol. The van der Waals surface area contributed by atoms with E-state index < -0.39 is 0 Å². The number of amides is 1. The Labute approximate surface area is 145 Å². The number of aryl methyl sites for hydroxylation is 1. The molecule has 5 heteroatoms. The number of para-hydroxylation sites is 1. The lowest BCUT2D eigenvalue weighted by Gasteiger charge is -2.23. The quantitative estimate of drug-likeness (QED) is 0.681. The fourth-order valence-electron chi connectivity index (χ4n) is 2.64. The summed E-state index contributed by atoms with van der Waals surface area (Å²) in [6.45, 7) is 1.14. The summed E-state index contributed by atoms with van der Waals surface area (Å²) in [5.74, 6) is 0.576. The number of ether oxygens (including phenoxy) is 1. The first-order valence-electron chi connectivity index (χ1n) is 7.74. The molecule has 0 aliphatic rings. The molecule has 0 spiro atoms. The van der Waals surface area contributed by atoms with Gasteiger partial charge in [0.1, 0.15) is 5.75 Å². The van der Waals surface area contributed by atoms with Gasteiger partial charge in [-0.25, -0.2) is 0 Å². The second kappa shape index (κ2) is 7.36. The minimum absolute atomic E-state index is 0.0259. The summed E-state index contributed by atoms with van der Waals surface area (Å²) in [4.78, 5) is 16.1. The maximum atomic E-state index is 13.1. The molecule has 0 aliphatic heterocycles. The number of methoxy groups -OCH3 is 1. The monoisotopic (exact) mass is 340 g/mol. The van der Waals surface area contributed by atoms with E-state index in [-0.39, 0.29) is 5.91 Å². The van der Waals surface area contributed by atoms with Crippen molar-refractivity contribution in [3.05, 3.63) is 76.2 Å². The van der Waals surface area contributed by atoms with E-state index in [2.05, 4.69) is 6.07 Å². The predicted molar refractivity (Wildman–Crippen MR) is 96.3 cm³/mol. The van der Waals surface area contributed by atoms with Gasteiger partial charge in [-0.15, -0.1) is 11.3 Å². The highest BCUT2D eigenvalue weighted by atomic mass is 32.1. The number of aromatic nitrogens is 1. The molecule has 0 bridgehead atoms. The Bertz CT molecular complexity index is 808. The third-order valence-corrected chi connectivity index (χ3v) is 4.82. The Morgan fingerprint density at radius 3 is 2.62 bits per heavy atom.